The van der Waals surface area contributed by atoms with Crippen molar-refractivity contribution < 1.29 is 14.3 Å². The molecule has 1 amide bonds. The van der Waals surface area contributed by atoms with Gasteiger partial charge in [0.15, 0.2) is 6.29 Å². The van der Waals surface area contributed by atoms with Gasteiger partial charge in [-0.15, -0.1) is 11.8 Å². The van der Waals surface area contributed by atoms with Crippen molar-refractivity contribution in [2.24, 2.45) is 0 Å². The maximum atomic E-state index is 11.4. The van der Waals surface area contributed by atoms with E-state index in [1.807, 2.05) is 45.9 Å². The average molecular weight is 295 g/mol. The number of nitrogens with one attached hydrogen (secondary N) is 1. The molecule has 0 spiro atoms. The van der Waals surface area contributed by atoms with Crippen LogP contribution in [0.1, 0.15) is 36.7 Å². The predicted octanol–water partition coefficient (Wildman–Crippen LogP) is 3.42. The maximum absolute atomic E-state index is 11.4. The molecule has 0 heterocycles. The first-order valence-corrected chi connectivity index (χ1v) is 7.46. The smallest absolute Gasteiger partial charge is 0.407 e. The highest BCUT2D eigenvalue weighted by atomic mass is 32.2. The number of ether oxygens (including phenoxy) is 1. The Morgan fingerprint density at radius 1 is 1.40 bits per heavy atom. The number of aryl methyl sites for hydroxylation is 1. The van der Waals surface area contributed by atoms with Crippen LogP contribution in [0.2, 0.25) is 0 Å². The molecule has 0 unspecified atom stereocenters. The van der Waals surface area contributed by atoms with Gasteiger partial charge in [-0.05, 0) is 39.3 Å². The van der Waals surface area contributed by atoms with Gasteiger partial charge in [-0.2, -0.15) is 0 Å². The van der Waals surface area contributed by atoms with Crippen molar-refractivity contribution in [2.45, 2.75) is 38.2 Å². The van der Waals surface area contributed by atoms with Gasteiger partial charge < -0.3 is 10.1 Å². The number of amides is 1. The first-order valence-electron chi connectivity index (χ1n) is 6.48. The van der Waals surface area contributed by atoms with E-state index >= 15 is 0 Å². The van der Waals surface area contributed by atoms with Crippen LogP contribution in [-0.2, 0) is 4.74 Å². The second kappa shape index (κ2) is 7.33. The third kappa shape index (κ3) is 5.65. The lowest BCUT2D eigenvalue weighted by atomic mass is 10.1. The van der Waals surface area contributed by atoms with Crippen LogP contribution in [0.25, 0.3) is 0 Å². The Morgan fingerprint density at radius 2 is 2.10 bits per heavy atom. The number of thioether (sulfide) groups is 1. The molecule has 0 fully saturated rings. The maximum Gasteiger partial charge on any atom is 0.407 e. The standard InChI is InChI=1S/C15H21NO3S/c1-11-6-5-7-13(12(11)10-17)20-9-8-16-14(18)19-15(2,3)4/h5-7,10H,8-9H2,1-4H3,(H,16,18). The number of hydrogen-bond acceptors (Lipinski definition) is 4. The lowest BCUT2D eigenvalue weighted by molar-refractivity contribution is 0.0531. The molecule has 110 valence electrons. The first-order chi connectivity index (χ1) is 9.33. The van der Waals surface area contributed by atoms with Crippen molar-refractivity contribution in [3.05, 3.63) is 29.3 Å². The average Bonchev–Trinajstić information content (AvgIpc) is 2.32. The van der Waals surface area contributed by atoms with Crippen LogP contribution >= 0.6 is 11.8 Å². The zero-order chi connectivity index (χ0) is 15.2. The van der Waals surface area contributed by atoms with Gasteiger partial charge in [-0.3, -0.25) is 4.79 Å². The van der Waals surface area contributed by atoms with Crippen LogP contribution in [0.4, 0.5) is 4.79 Å². The van der Waals surface area contributed by atoms with E-state index in [0.717, 1.165) is 22.3 Å². The number of hydrogen-bond donors (Lipinski definition) is 1. The van der Waals surface area contributed by atoms with E-state index in [2.05, 4.69) is 5.32 Å². The summed E-state index contributed by atoms with van der Waals surface area (Å²) in [7, 11) is 0. The highest BCUT2D eigenvalue weighted by Crippen LogP contribution is 2.23. The molecule has 0 aliphatic carbocycles. The second-order valence-corrected chi connectivity index (χ2v) is 6.52. The molecule has 1 rings (SSSR count). The SMILES string of the molecule is Cc1cccc(SCCNC(=O)OC(C)(C)C)c1C=O. The molecule has 5 heteroatoms. The van der Waals surface area contributed by atoms with Crippen LogP contribution in [0.15, 0.2) is 23.1 Å². The van der Waals surface area contributed by atoms with Crippen LogP contribution < -0.4 is 5.32 Å². The van der Waals surface area contributed by atoms with Crippen molar-refractivity contribution in [3.8, 4) is 0 Å². The Hall–Kier alpha value is -1.49. The van der Waals surface area contributed by atoms with E-state index in [1.54, 1.807) is 11.8 Å². The molecule has 0 atom stereocenters. The van der Waals surface area contributed by atoms with E-state index in [1.165, 1.54) is 0 Å². The number of rotatable bonds is 5. The molecule has 0 saturated carbocycles. The molecule has 0 aromatic heterocycles. The lowest BCUT2D eigenvalue weighted by Crippen LogP contribution is -2.33. The summed E-state index contributed by atoms with van der Waals surface area (Å²) in [6, 6.07) is 5.74. The minimum atomic E-state index is -0.488. The van der Waals surface area contributed by atoms with Crippen LogP contribution in [-0.4, -0.2) is 30.3 Å². The van der Waals surface area contributed by atoms with Gasteiger partial charge in [-0.25, -0.2) is 4.79 Å². The predicted molar refractivity (Wildman–Crippen MR) is 81.5 cm³/mol. The summed E-state index contributed by atoms with van der Waals surface area (Å²) in [5, 5.41) is 2.69. The number of alkyl carbamates (subject to hydrolysis) is 1. The lowest BCUT2D eigenvalue weighted by Gasteiger charge is -2.19. The Balaban J connectivity index is 2.40. The zero-order valence-corrected chi connectivity index (χ0v) is 13.2. The van der Waals surface area contributed by atoms with E-state index < -0.39 is 11.7 Å². The normalized spacial score (nSPS) is 11.0. The number of aldehydes is 1. The number of carbonyl (C=O) groups is 2. The Bertz CT molecular complexity index is 480. The van der Waals surface area contributed by atoms with Gasteiger partial charge in [0.05, 0.1) is 0 Å². The monoisotopic (exact) mass is 295 g/mol. The fourth-order valence-electron chi connectivity index (χ4n) is 1.56. The molecular formula is C15H21NO3S. The Kier molecular flexibility index (Phi) is 6.07. The van der Waals surface area contributed by atoms with E-state index in [9.17, 15) is 9.59 Å². The van der Waals surface area contributed by atoms with Gasteiger partial charge in [0.2, 0.25) is 0 Å². The summed E-state index contributed by atoms with van der Waals surface area (Å²) in [6.45, 7) is 7.87. The highest BCUT2D eigenvalue weighted by Gasteiger charge is 2.15. The molecule has 20 heavy (non-hydrogen) atoms. The topological polar surface area (TPSA) is 55.4 Å². The first kappa shape index (κ1) is 16.6. The largest absolute Gasteiger partial charge is 0.444 e. The Labute approximate surface area is 124 Å². The molecular weight excluding hydrogens is 274 g/mol. The number of benzene rings is 1. The van der Waals surface area contributed by atoms with Crippen molar-refractivity contribution in [1.82, 2.24) is 5.32 Å². The van der Waals surface area contributed by atoms with Crippen LogP contribution in [0.5, 0.6) is 0 Å². The van der Waals surface area contributed by atoms with Gasteiger partial charge in [-0.1, -0.05) is 12.1 Å². The molecule has 4 nitrogen and oxygen atoms in total. The van der Waals surface area contributed by atoms with Gasteiger partial charge in [0.25, 0.3) is 0 Å². The summed E-state index contributed by atoms with van der Waals surface area (Å²) < 4.78 is 5.14. The van der Waals surface area contributed by atoms with Gasteiger partial charge in [0, 0.05) is 22.8 Å². The fraction of sp³-hybridized carbons (Fsp3) is 0.467. The molecule has 0 saturated heterocycles. The molecule has 1 aromatic carbocycles. The van der Waals surface area contributed by atoms with E-state index in [0.29, 0.717) is 12.3 Å². The summed E-state index contributed by atoms with van der Waals surface area (Å²) in [5.41, 5.74) is 1.19. The minimum Gasteiger partial charge on any atom is -0.444 e. The zero-order valence-electron chi connectivity index (χ0n) is 12.4. The minimum absolute atomic E-state index is 0.419. The van der Waals surface area contributed by atoms with Crippen LogP contribution in [0.3, 0.4) is 0 Å². The van der Waals surface area contributed by atoms with Crippen molar-refractivity contribution in [2.75, 3.05) is 12.3 Å². The number of carbonyl (C=O) groups excluding carboxylic acids is 2. The summed E-state index contributed by atoms with van der Waals surface area (Å²) >= 11 is 1.54. The van der Waals surface area contributed by atoms with Crippen LogP contribution in [0, 0.1) is 6.92 Å². The van der Waals surface area contributed by atoms with Crippen molar-refractivity contribution in [1.29, 1.82) is 0 Å². The molecule has 0 radical (unpaired) electrons. The van der Waals surface area contributed by atoms with Crippen molar-refractivity contribution in [3.63, 3.8) is 0 Å². The van der Waals surface area contributed by atoms with E-state index in [4.69, 9.17) is 4.74 Å². The van der Waals surface area contributed by atoms with E-state index in [-0.39, 0.29) is 0 Å². The molecule has 1 N–H and O–H groups in total. The Morgan fingerprint density at radius 3 is 2.70 bits per heavy atom. The quantitative estimate of drug-likeness (QED) is 0.514. The van der Waals surface area contributed by atoms with Gasteiger partial charge in [0.1, 0.15) is 5.60 Å². The molecule has 0 aliphatic heterocycles. The third-order valence-electron chi connectivity index (χ3n) is 2.43. The summed E-state index contributed by atoms with van der Waals surface area (Å²) in [6.07, 6.45) is 0.455. The molecule has 1 aromatic rings. The molecule has 0 aliphatic rings. The van der Waals surface area contributed by atoms with Crippen molar-refractivity contribution >= 4 is 24.1 Å². The molecule has 0 bridgehead atoms. The van der Waals surface area contributed by atoms with Gasteiger partial charge >= 0.3 is 6.09 Å². The fourth-order valence-corrected chi connectivity index (χ4v) is 2.52. The summed E-state index contributed by atoms with van der Waals surface area (Å²) in [5.74, 6) is 0.684. The second-order valence-electron chi connectivity index (χ2n) is 5.38. The third-order valence-corrected chi connectivity index (χ3v) is 3.51. The highest BCUT2D eigenvalue weighted by molar-refractivity contribution is 7.99. The summed E-state index contributed by atoms with van der Waals surface area (Å²) in [4.78, 5) is 23.4.